The van der Waals surface area contributed by atoms with E-state index in [1.807, 2.05) is 20.8 Å². The first-order valence-corrected chi connectivity index (χ1v) is 10.5. The number of hydrogen-bond acceptors (Lipinski definition) is 6. The van der Waals surface area contributed by atoms with E-state index in [9.17, 15) is 18.4 Å². The number of benzene rings is 1. The summed E-state index contributed by atoms with van der Waals surface area (Å²) in [6.45, 7) is 11.2. The predicted molar refractivity (Wildman–Crippen MR) is 110 cm³/mol. The van der Waals surface area contributed by atoms with Crippen molar-refractivity contribution in [2.45, 2.75) is 73.2 Å². The molecule has 0 aromatic heterocycles. The topological polar surface area (TPSA) is 71.1 Å². The van der Waals surface area contributed by atoms with Gasteiger partial charge in [-0.05, 0) is 23.2 Å². The van der Waals surface area contributed by atoms with Crippen molar-refractivity contribution < 1.29 is 46.1 Å². The molecule has 0 amide bonds. The van der Waals surface area contributed by atoms with Gasteiger partial charge in [0, 0.05) is 12.5 Å². The van der Waals surface area contributed by atoms with Gasteiger partial charge in [0.25, 0.3) is 6.29 Å². The number of ketones is 1. The summed E-state index contributed by atoms with van der Waals surface area (Å²) in [4.78, 5) is 22.8. The molecule has 0 radical (unpaired) electrons. The van der Waals surface area contributed by atoms with Crippen LogP contribution in [0.15, 0.2) is 0 Å². The molecule has 0 N–H and O–H groups in total. The highest BCUT2D eigenvalue weighted by Gasteiger charge is 2.39. The molecule has 0 bridgehead atoms. The van der Waals surface area contributed by atoms with E-state index in [0.29, 0.717) is 0 Å². The van der Waals surface area contributed by atoms with E-state index in [1.165, 1.54) is 0 Å². The summed E-state index contributed by atoms with van der Waals surface area (Å²) in [5.41, 5.74) is -1.82. The minimum Gasteiger partial charge on any atom is -0.451 e. The van der Waals surface area contributed by atoms with Crippen LogP contribution in [-0.4, -0.2) is 37.5 Å². The number of Topliss-reactive ketones (excluding diaryl/α,β-unsaturated/α-hetero) is 1. The van der Waals surface area contributed by atoms with Gasteiger partial charge in [0.05, 0.1) is 6.61 Å². The van der Waals surface area contributed by atoms with Gasteiger partial charge in [0.1, 0.15) is 6.61 Å². The number of hydrogen-bond donors (Lipinski definition) is 0. The number of rotatable bonds is 8. The Hall–Kier alpha value is -2.36. The molecule has 1 fully saturated rings. The normalized spacial score (nSPS) is 18.5. The molecule has 1 aromatic carbocycles. The Bertz CT molecular complexity index is 875. The Balaban J connectivity index is 2.40. The van der Waals surface area contributed by atoms with E-state index in [2.05, 4.69) is 4.74 Å². The lowest BCUT2D eigenvalue weighted by Crippen LogP contribution is -2.33. The van der Waals surface area contributed by atoms with E-state index in [0.717, 1.165) is 6.92 Å². The zero-order valence-electron chi connectivity index (χ0n) is 19.8. The standard InChI is InChI=1S/C23H30F4O6/c1-11(28)20(30-9-12-10-31-21(29)32-12)33-19-17(26)15(24)14(16(25)18(19)27)13(23(5,6)7)8-22(2,3)4/h12-13,20H,8-10H2,1-7H3. The summed E-state index contributed by atoms with van der Waals surface area (Å²) in [6.07, 6.45) is -3.46. The van der Waals surface area contributed by atoms with Crippen molar-refractivity contribution in [3.8, 4) is 5.75 Å². The van der Waals surface area contributed by atoms with Crippen LogP contribution in [0.3, 0.4) is 0 Å². The number of halogens is 4. The lowest BCUT2D eigenvalue weighted by molar-refractivity contribution is -0.152. The molecular formula is C23H30F4O6. The van der Waals surface area contributed by atoms with Crippen LogP contribution in [0.4, 0.5) is 22.4 Å². The van der Waals surface area contributed by atoms with Gasteiger partial charge in [-0.1, -0.05) is 41.5 Å². The third kappa shape index (κ3) is 6.59. The minimum atomic E-state index is -1.90. The first-order valence-electron chi connectivity index (χ1n) is 10.5. The van der Waals surface area contributed by atoms with Crippen LogP contribution >= 0.6 is 0 Å². The van der Waals surface area contributed by atoms with Crippen LogP contribution in [0, 0.1) is 34.1 Å². The van der Waals surface area contributed by atoms with Crippen LogP contribution in [0.2, 0.25) is 0 Å². The maximum atomic E-state index is 15.1. The van der Waals surface area contributed by atoms with Crippen molar-refractivity contribution in [1.29, 1.82) is 0 Å². The van der Waals surface area contributed by atoms with Gasteiger partial charge in [-0.2, -0.15) is 8.78 Å². The monoisotopic (exact) mass is 478 g/mol. The first kappa shape index (κ1) is 26.9. The van der Waals surface area contributed by atoms with Crippen molar-refractivity contribution in [3.63, 3.8) is 0 Å². The van der Waals surface area contributed by atoms with Gasteiger partial charge in [-0.3, -0.25) is 4.79 Å². The van der Waals surface area contributed by atoms with Gasteiger partial charge in [-0.15, -0.1) is 0 Å². The van der Waals surface area contributed by atoms with Crippen LogP contribution in [0.25, 0.3) is 0 Å². The number of cyclic esters (lactones) is 2. The third-order valence-electron chi connectivity index (χ3n) is 5.11. The maximum Gasteiger partial charge on any atom is 0.508 e. The van der Waals surface area contributed by atoms with E-state index in [1.54, 1.807) is 20.8 Å². The predicted octanol–water partition coefficient (Wildman–Crippen LogP) is 5.65. The summed E-state index contributed by atoms with van der Waals surface area (Å²) in [6, 6.07) is 0. The first-order chi connectivity index (χ1) is 15.0. The highest BCUT2D eigenvalue weighted by atomic mass is 19.2. The Labute approximate surface area is 190 Å². The highest BCUT2D eigenvalue weighted by molar-refractivity contribution is 5.79. The van der Waals surface area contributed by atoms with Gasteiger partial charge in [0.2, 0.25) is 17.4 Å². The molecule has 1 aliphatic heterocycles. The van der Waals surface area contributed by atoms with Gasteiger partial charge >= 0.3 is 6.16 Å². The Morgan fingerprint density at radius 2 is 1.58 bits per heavy atom. The second-order valence-electron chi connectivity index (χ2n) is 10.4. The zero-order chi connectivity index (χ0) is 25.3. The average Bonchev–Trinajstić information content (AvgIpc) is 3.08. The number of carbonyl (C=O) groups excluding carboxylic acids is 2. The molecule has 0 spiro atoms. The summed E-state index contributed by atoms with van der Waals surface area (Å²) in [5, 5.41) is 0. The molecule has 1 aliphatic rings. The second kappa shape index (κ2) is 9.87. The largest absolute Gasteiger partial charge is 0.508 e. The molecular weight excluding hydrogens is 448 g/mol. The molecule has 2 rings (SSSR count). The van der Waals surface area contributed by atoms with E-state index < -0.39 is 76.9 Å². The van der Waals surface area contributed by atoms with Crippen molar-refractivity contribution in [1.82, 2.24) is 0 Å². The molecule has 1 heterocycles. The number of carbonyl (C=O) groups is 2. The van der Waals surface area contributed by atoms with Gasteiger partial charge < -0.3 is 18.9 Å². The van der Waals surface area contributed by atoms with E-state index in [4.69, 9.17) is 14.2 Å². The molecule has 3 unspecified atom stereocenters. The molecule has 1 aromatic rings. The van der Waals surface area contributed by atoms with Crippen molar-refractivity contribution in [2.24, 2.45) is 10.8 Å². The summed E-state index contributed by atoms with van der Waals surface area (Å²) in [5.74, 6) is -9.80. The fourth-order valence-corrected chi connectivity index (χ4v) is 3.47. The smallest absolute Gasteiger partial charge is 0.451 e. The molecule has 186 valence electrons. The Morgan fingerprint density at radius 1 is 1.03 bits per heavy atom. The van der Waals surface area contributed by atoms with Crippen molar-refractivity contribution >= 4 is 11.9 Å². The summed E-state index contributed by atoms with van der Waals surface area (Å²) in [7, 11) is 0. The van der Waals surface area contributed by atoms with Crippen LogP contribution in [0.5, 0.6) is 5.75 Å². The maximum absolute atomic E-state index is 15.1. The van der Waals surface area contributed by atoms with Crippen molar-refractivity contribution in [2.75, 3.05) is 13.2 Å². The van der Waals surface area contributed by atoms with E-state index >= 15 is 8.78 Å². The minimum absolute atomic E-state index is 0.161. The molecule has 0 saturated carbocycles. The van der Waals surface area contributed by atoms with E-state index in [-0.39, 0.29) is 18.4 Å². The molecule has 10 heteroatoms. The summed E-state index contributed by atoms with van der Waals surface area (Å²) < 4.78 is 79.4. The van der Waals surface area contributed by atoms with Crippen LogP contribution < -0.4 is 4.74 Å². The zero-order valence-corrected chi connectivity index (χ0v) is 19.8. The SMILES string of the molecule is CC(=O)C(OCC1COC(=O)O1)Oc1c(F)c(F)c(C(CC(C)(C)C)C(C)(C)C)c(F)c1F. The number of ether oxygens (including phenoxy) is 4. The van der Waals surface area contributed by atoms with Crippen LogP contribution in [-0.2, 0) is 19.0 Å². The Kier molecular flexibility index (Phi) is 8.04. The van der Waals surface area contributed by atoms with Gasteiger partial charge in [-0.25, -0.2) is 13.6 Å². The lowest BCUT2D eigenvalue weighted by Gasteiger charge is -2.36. The molecule has 0 aliphatic carbocycles. The molecule has 3 atom stereocenters. The third-order valence-corrected chi connectivity index (χ3v) is 5.11. The van der Waals surface area contributed by atoms with Gasteiger partial charge in [0.15, 0.2) is 23.5 Å². The van der Waals surface area contributed by atoms with Crippen LogP contribution in [0.1, 0.15) is 66.4 Å². The fourth-order valence-electron chi connectivity index (χ4n) is 3.47. The highest BCUT2D eigenvalue weighted by Crippen LogP contribution is 2.47. The average molecular weight is 478 g/mol. The summed E-state index contributed by atoms with van der Waals surface area (Å²) >= 11 is 0. The fraction of sp³-hybridized carbons (Fsp3) is 0.652. The lowest BCUT2D eigenvalue weighted by atomic mass is 9.69. The molecule has 6 nitrogen and oxygen atoms in total. The molecule has 1 saturated heterocycles. The van der Waals surface area contributed by atoms with Crippen molar-refractivity contribution in [3.05, 3.63) is 28.8 Å². The molecule has 33 heavy (non-hydrogen) atoms. The quantitative estimate of drug-likeness (QED) is 0.208. The second-order valence-corrected chi connectivity index (χ2v) is 10.4. The Morgan fingerprint density at radius 3 is 1.97 bits per heavy atom.